The van der Waals surface area contributed by atoms with Gasteiger partial charge in [-0.05, 0) is 33.8 Å². The second kappa shape index (κ2) is 6.12. The molecule has 1 heterocycles. The Morgan fingerprint density at radius 1 is 1.58 bits per heavy atom. The van der Waals surface area contributed by atoms with Crippen molar-refractivity contribution in [2.45, 2.75) is 33.7 Å². The maximum Gasteiger partial charge on any atom is 0.330 e. The van der Waals surface area contributed by atoms with Gasteiger partial charge in [-0.25, -0.2) is 4.79 Å². The molecule has 0 spiro atoms. The van der Waals surface area contributed by atoms with E-state index in [0.29, 0.717) is 11.4 Å². The molecule has 1 aromatic rings. The summed E-state index contributed by atoms with van der Waals surface area (Å²) in [7, 11) is 0. The highest BCUT2D eigenvalue weighted by Crippen LogP contribution is 2.26. The van der Waals surface area contributed by atoms with Crippen molar-refractivity contribution in [1.29, 1.82) is 0 Å². The topological polar surface area (TPSA) is 87.3 Å². The lowest BCUT2D eigenvalue weighted by Crippen LogP contribution is -2.06. The Balaban J connectivity index is 3.23. The predicted molar refractivity (Wildman–Crippen MR) is 69.7 cm³/mol. The van der Waals surface area contributed by atoms with Gasteiger partial charge in [0.25, 0.3) is 0 Å². The Morgan fingerprint density at radius 3 is 2.68 bits per heavy atom. The molecule has 0 unspecified atom stereocenters. The van der Waals surface area contributed by atoms with Crippen molar-refractivity contribution in [2.24, 2.45) is 0 Å². The summed E-state index contributed by atoms with van der Waals surface area (Å²) in [5, 5.41) is 15.2. The number of hydrogen-bond acceptors (Lipinski definition) is 5. The molecular formula is C12H17N3O4. The van der Waals surface area contributed by atoms with Crippen LogP contribution in [-0.4, -0.2) is 27.3 Å². The SMILES string of the molecule is CCOC(=O)C=Cc1c([N+](=O)[O-])c(C)nn1C(C)C. The molecular weight excluding hydrogens is 250 g/mol. The van der Waals surface area contributed by atoms with Crippen molar-refractivity contribution in [1.82, 2.24) is 9.78 Å². The second-order valence-corrected chi connectivity index (χ2v) is 4.20. The van der Waals surface area contributed by atoms with Gasteiger partial charge in [0.1, 0.15) is 11.4 Å². The smallest absolute Gasteiger partial charge is 0.330 e. The van der Waals surface area contributed by atoms with Crippen LogP contribution in [0.4, 0.5) is 5.69 Å². The molecule has 1 rings (SSSR count). The molecule has 104 valence electrons. The van der Waals surface area contributed by atoms with Crippen LogP contribution >= 0.6 is 0 Å². The highest BCUT2D eigenvalue weighted by Gasteiger charge is 2.24. The minimum atomic E-state index is -0.536. The summed E-state index contributed by atoms with van der Waals surface area (Å²) in [6.07, 6.45) is 2.54. The molecule has 0 saturated carbocycles. The number of carbonyl (C=O) groups is 1. The molecule has 1 aromatic heterocycles. The zero-order chi connectivity index (χ0) is 14.6. The lowest BCUT2D eigenvalue weighted by atomic mass is 10.2. The lowest BCUT2D eigenvalue weighted by molar-refractivity contribution is -0.385. The van der Waals surface area contributed by atoms with Crippen LogP contribution in [0.5, 0.6) is 0 Å². The fourth-order valence-electron chi connectivity index (χ4n) is 1.67. The molecule has 0 bridgehead atoms. The molecule has 0 aliphatic rings. The number of aromatic nitrogens is 2. The first-order valence-corrected chi connectivity index (χ1v) is 5.96. The number of rotatable bonds is 5. The molecule has 19 heavy (non-hydrogen) atoms. The van der Waals surface area contributed by atoms with E-state index in [0.717, 1.165) is 0 Å². The third-order valence-electron chi connectivity index (χ3n) is 2.43. The van der Waals surface area contributed by atoms with Gasteiger partial charge in [-0.15, -0.1) is 0 Å². The van der Waals surface area contributed by atoms with Crippen LogP contribution in [0.15, 0.2) is 6.08 Å². The number of nitrogens with zero attached hydrogens (tertiary/aromatic N) is 3. The summed E-state index contributed by atoms with van der Waals surface area (Å²) in [6.45, 7) is 7.24. The largest absolute Gasteiger partial charge is 0.463 e. The molecule has 0 saturated heterocycles. The molecule has 0 fully saturated rings. The van der Waals surface area contributed by atoms with Crippen molar-refractivity contribution in [3.63, 3.8) is 0 Å². The third-order valence-corrected chi connectivity index (χ3v) is 2.43. The Labute approximate surface area is 111 Å². The summed E-state index contributed by atoms with van der Waals surface area (Å²) in [4.78, 5) is 21.8. The number of esters is 1. The fraction of sp³-hybridized carbons (Fsp3) is 0.500. The number of carbonyl (C=O) groups excluding carboxylic acids is 1. The maximum atomic E-state index is 11.3. The van der Waals surface area contributed by atoms with Gasteiger partial charge in [0.2, 0.25) is 0 Å². The monoisotopic (exact) mass is 267 g/mol. The van der Waals surface area contributed by atoms with Gasteiger partial charge in [0.15, 0.2) is 0 Å². The van der Waals surface area contributed by atoms with Crippen molar-refractivity contribution >= 4 is 17.7 Å². The first-order valence-electron chi connectivity index (χ1n) is 5.96. The standard InChI is InChI=1S/C12H17N3O4/c1-5-19-11(16)7-6-10-12(15(17)18)9(4)13-14(10)8(2)3/h6-8H,5H2,1-4H3. The maximum absolute atomic E-state index is 11.3. The minimum Gasteiger partial charge on any atom is -0.463 e. The molecule has 0 aromatic carbocycles. The Bertz CT molecular complexity index is 517. The van der Waals surface area contributed by atoms with Gasteiger partial charge < -0.3 is 4.74 Å². The van der Waals surface area contributed by atoms with E-state index in [9.17, 15) is 14.9 Å². The van der Waals surface area contributed by atoms with Gasteiger partial charge in [0.05, 0.1) is 11.5 Å². The third kappa shape index (κ3) is 3.40. The average Bonchev–Trinajstić information content (AvgIpc) is 2.64. The van der Waals surface area contributed by atoms with Crippen LogP contribution < -0.4 is 0 Å². The van der Waals surface area contributed by atoms with Crippen LogP contribution in [0.1, 0.15) is 38.2 Å². The van der Waals surface area contributed by atoms with Gasteiger partial charge in [-0.2, -0.15) is 5.10 Å². The minimum absolute atomic E-state index is 0.0470. The van der Waals surface area contributed by atoms with E-state index in [4.69, 9.17) is 4.74 Å². The molecule has 0 atom stereocenters. The van der Waals surface area contributed by atoms with Crippen molar-refractivity contribution in [2.75, 3.05) is 6.61 Å². The van der Waals surface area contributed by atoms with Crippen molar-refractivity contribution < 1.29 is 14.5 Å². The highest BCUT2D eigenvalue weighted by molar-refractivity contribution is 5.87. The Kier molecular flexibility index (Phi) is 4.80. The summed E-state index contributed by atoms with van der Waals surface area (Å²) in [5.74, 6) is -0.536. The Morgan fingerprint density at radius 2 is 2.21 bits per heavy atom. The normalized spacial score (nSPS) is 11.2. The molecule has 0 aliphatic carbocycles. The first kappa shape index (κ1) is 14.9. The van der Waals surface area contributed by atoms with Gasteiger partial charge >= 0.3 is 11.7 Å². The van der Waals surface area contributed by atoms with Gasteiger partial charge in [0, 0.05) is 12.1 Å². The van der Waals surface area contributed by atoms with E-state index in [1.807, 2.05) is 13.8 Å². The second-order valence-electron chi connectivity index (χ2n) is 4.20. The summed E-state index contributed by atoms with van der Waals surface area (Å²) in [5.41, 5.74) is 0.530. The average molecular weight is 267 g/mol. The van der Waals surface area contributed by atoms with Gasteiger partial charge in [-0.3, -0.25) is 14.8 Å². The zero-order valence-electron chi connectivity index (χ0n) is 11.4. The Hall–Kier alpha value is -2.18. The number of aryl methyl sites for hydroxylation is 1. The number of ether oxygens (including phenoxy) is 1. The molecule has 7 heteroatoms. The van der Waals surface area contributed by atoms with Crippen LogP contribution in [-0.2, 0) is 9.53 Å². The van der Waals surface area contributed by atoms with Crippen LogP contribution in [0.25, 0.3) is 6.08 Å². The molecule has 0 radical (unpaired) electrons. The van der Waals surface area contributed by atoms with E-state index >= 15 is 0 Å². The summed E-state index contributed by atoms with van der Waals surface area (Å²) in [6, 6.07) is -0.0470. The molecule has 0 aliphatic heterocycles. The van der Waals surface area contributed by atoms with Crippen molar-refractivity contribution in [3.8, 4) is 0 Å². The molecule has 7 nitrogen and oxygen atoms in total. The van der Waals surface area contributed by atoms with Crippen LogP contribution in [0, 0.1) is 17.0 Å². The predicted octanol–water partition coefficient (Wildman–Crippen LogP) is 2.26. The van der Waals surface area contributed by atoms with E-state index in [1.54, 1.807) is 13.8 Å². The first-order chi connectivity index (χ1) is 8.88. The van der Waals surface area contributed by atoms with Crippen LogP contribution in [0.2, 0.25) is 0 Å². The van der Waals surface area contributed by atoms with E-state index in [-0.39, 0.29) is 18.3 Å². The van der Waals surface area contributed by atoms with Gasteiger partial charge in [-0.1, -0.05) is 0 Å². The van der Waals surface area contributed by atoms with E-state index < -0.39 is 10.9 Å². The van der Waals surface area contributed by atoms with E-state index in [1.165, 1.54) is 16.8 Å². The zero-order valence-corrected chi connectivity index (χ0v) is 11.4. The number of hydrogen-bond donors (Lipinski definition) is 0. The summed E-state index contributed by atoms with van der Waals surface area (Å²) >= 11 is 0. The summed E-state index contributed by atoms with van der Waals surface area (Å²) < 4.78 is 6.26. The van der Waals surface area contributed by atoms with E-state index in [2.05, 4.69) is 5.10 Å². The molecule has 0 amide bonds. The van der Waals surface area contributed by atoms with Crippen LogP contribution in [0.3, 0.4) is 0 Å². The highest BCUT2D eigenvalue weighted by atomic mass is 16.6. The quantitative estimate of drug-likeness (QED) is 0.353. The number of nitro groups is 1. The molecule has 0 N–H and O–H groups in total. The lowest BCUT2D eigenvalue weighted by Gasteiger charge is -2.07. The fourth-order valence-corrected chi connectivity index (χ4v) is 1.67. The van der Waals surface area contributed by atoms with Crippen molar-refractivity contribution in [3.05, 3.63) is 27.6 Å².